The summed E-state index contributed by atoms with van der Waals surface area (Å²) in [7, 11) is 1.58. The van der Waals surface area contributed by atoms with Crippen LogP contribution in [0.3, 0.4) is 0 Å². The molecule has 5 heteroatoms. The minimum Gasteiger partial charge on any atom is -0.355 e. The van der Waals surface area contributed by atoms with Crippen molar-refractivity contribution >= 4 is 17.5 Å². The Morgan fingerprint density at radius 2 is 2.22 bits per heavy atom. The van der Waals surface area contributed by atoms with Crippen LogP contribution in [0.2, 0.25) is 0 Å². The van der Waals surface area contributed by atoms with Crippen LogP contribution in [0.5, 0.6) is 0 Å². The normalized spacial score (nSPS) is 18.4. The maximum Gasteiger partial charge on any atom is 0.251 e. The van der Waals surface area contributed by atoms with E-state index in [0.29, 0.717) is 11.3 Å². The number of amides is 2. The van der Waals surface area contributed by atoms with Crippen molar-refractivity contribution in [1.29, 1.82) is 0 Å². The van der Waals surface area contributed by atoms with Crippen LogP contribution < -0.4 is 16.0 Å². The van der Waals surface area contributed by atoms with E-state index in [-0.39, 0.29) is 17.9 Å². The summed E-state index contributed by atoms with van der Waals surface area (Å²) in [4.78, 5) is 23.4. The number of hydrogen-bond donors (Lipinski definition) is 3. The van der Waals surface area contributed by atoms with Crippen LogP contribution in [-0.2, 0) is 4.79 Å². The summed E-state index contributed by atoms with van der Waals surface area (Å²) >= 11 is 0. The van der Waals surface area contributed by atoms with E-state index in [1.807, 2.05) is 0 Å². The van der Waals surface area contributed by atoms with Crippen molar-refractivity contribution in [3.8, 4) is 0 Å². The smallest absolute Gasteiger partial charge is 0.251 e. The Bertz CT molecular complexity index is 453. The Hall–Kier alpha value is -1.88. The Kier molecular flexibility index (Phi) is 3.94. The van der Waals surface area contributed by atoms with Crippen LogP contribution in [0.4, 0.5) is 5.69 Å². The molecule has 1 aromatic rings. The summed E-state index contributed by atoms with van der Waals surface area (Å²) < 4.78 is 0. The molecule has 18 heavy (non-hydrogen) atoms. The molecule has 1 heterocycles. The summed E-state index contributed by atoms with van der Waals surface area (Å²) in [6.07, 6.45) is 1.89. The first-order valence-electron chi connectivity index (χ1n) is 6.07. The van der Waals surface area contributed by atoms with Crippen molar-refractivity contribution in [3.05, 3.63) is 29.8 Å². The Balaban J connectivity index is 2.04. The van der Waals surface area contributed by atoms with Crippen LogP contribution in [0.15, 0.2) is 24.3 Å². The Morgan fingerprint density at radius 3 is 2.89 bits per heavy atom. The topological polar surface area (TPSA) is 70.2 Å². The van der Waals surface area contributed by atoms with Crippen LogP contribution in [0.25, 0.3) is 0 Å². The standard InChI is InChI=1S/C13H17N3O2/c1-14-12(17)9-4-2-5-10(8-9)16-13(18)11-6-3-7-15-11/h2,4-5,8,11,15H,3,6-7H2,1H3,(H,14,17)(H,16,18). The highest BCUT2D eigenvalue weighted by atomic mass is 16.2. The van der Waals surface area contributed by atoms with E-state index < -0.39 is 0 Å². The molecule has 1 aliphatic heterocycles. The second-order valence-corrected chi connectivity index (χ2v) is 4.30. The highest BCUT2D eigenvalue weighted by Crippen LogP contribution is 2.13. The van der Waals surface area contributed by atoms with E-state index in [0.717, 1.165) is 19.4 Å². The molecule has 0 bridgehead atoms. The monoisotopic (exact) mass is 247 g/mol. The molecule has 1 unspecified atom stereocenters. The highest BCUT2D eigenvalue weighted by molar-refractivity contribution is 5.98. The fraction of sp³-hybridized carbons (Fsp3) is 0.385. The van der Waals surface area contributed by atoms with Gasteiger partial charge in [0.25, 0.3) is 5.91 Å². The van der Waals surface area contributed by atoms with Gasteiger partial charge in [0.15, 0.2) is 0 Å². The van der Waals surface area contributed by atoms with Gasteiger partial charge < -0.3 is 16.0 Å². The molecule has 0 aliphatic carbocycles. The van der Waals surface area contributed by atoms with E-state index >= 15 is 0 Å². The molecule has 2 rings (SSSR count). The lowest BCUT2D eigenvalue weighted by Crippen LogP contribution is -2.35. The van der Waals surface area contributed by atoms with Crippen molar-refractivity contribution in [3.63, 3.8) is 0 Å². The lowest BCUT2D eigenvalue weighted by atomic mass is 10.1. The summed E-state index contributed by atoms with van der Waals surface area (Å²) in [6.45, 7) is 0.885. The van der Waals surface area contributed by atoms with Gasteiger partial charge in [-0.2, -0.15) is 0 Å². The highest BCUT2D eigenvalue weighted by Gasteiger charge is 2.21. The van der Waals surface area contributed by atoms with Gasteiger partial charge in [-0.15, -0.1) is 0 Å². The molecule has 1 saturated heterocycles. The second kappa shape index (κ2) is 5.64. The number of benzene rings is 1. The fourth-order valence-electron chi connectivity index (χ4n) is 2.02. The molecule has 1 aromatic carbocycles. The van der Waals surface area contributed by atoms with E-state index in [4.69, 9.17) is 0 Å². The van der Waals surface area contributed by atoms with Crippen molar-refractivity contribution in [2.45, 2.75) is 18.9 Å². The molecule has 0 saturated carbocycles. The van der Waals surface area contributed by atoms with Gasteiger partial charge in [-0.25, -0.2) is 0 Å². The van der Waals surface area contributed by atoms with Gasteiger partial charge in [0.1, 0.15) is 0 Å². The molecule has 1 atom stereocenters. The van der Waals surface area contributed by atoms with Crippen molar-refractivity contribution in [1.82, 2.24) is 10.6 Å². The number of anilines is 1. The molecule has 96 valence electrons. The quantitative estimate of drug-likeness (QED) is 0.737. The van der Waals surface area contributed by atoms with Gasteiger partial charge in [-0.3, -0.25) is 9.59 Å². The number of nitrogens with one attached hydrogen (secondary N) is 3. The average Bonchev–Trinajstić information content (AvgIpc) is 2.92. The van der Waals surface area contributed by atoms with Gasteiger partial charge in [-0.1, -0.05) is 6.07 Å². The van der Waals surface area contributed by atoms with Gasteiger partial charge in [0.05, 0.1) is 6.04 Å². The van der Waals surface area contributed by atoms with Crippen LogP contribution in [-0.4, -0.2) is 31.4 Å². The van der Waals surface area contributed by atoms with Crippen LogP contribution in [0.1, 0.15) is 23.2 Å². The first kappa shape index (κ1) is 12.6. The zero-order chi connectivity index (χ0) is 13.0. The molecule has 3 N–H and O–H groups in total. The third-order valence-electron chi connectivity index (χ3n) is 3.00. The summed E-state index contributed by atoms with van der Waals surface area (Å²) in [5.74, 6) is -0.202. The van der Waals surface area contributed by atoms with Crippen molar-refractivity contribution in [2.75, 3.05) is 18.9 Å². The summed E-state index contributed by atoms with van der Waals surface area (Å²) in [6, 6.07) is 6.80. The van der Waals surface area contributed by atoms with E-state index in [1.165, 1.54) is 0 Å². The van der Waals surface area contributed by atoms with Crippen molar-refractivity contribution in [2.24, 2.45) is 0 Å². The molecule has 2 amide bonds. The SMILES string of the molecule is CNC(=O)c1cccc(NC(=O)C2CCCN2)c1. The largest absolute Gasteiger partial charge is 0.355 e. The first-order valence-corrected chi connectivity index (χ1v) is 6.07. The predicted octanol–water partition coefficient (Wildman–Crippen LogP) is 0.737. The molecular weight excluding hydrogens is 230 g/mol. The Labute approximate surface area is 106 Å². The maximum atomic E-state index is 11.9. The Morgan fingerprint density at radius 1 is 1.39 bits per heavy atom. The minimum atomic E-state index is -0.162. The molecular formula is C13H17N3O2. The van der Waals surface area contributed by atoms with Gasteiger partial charge >= 0.3 is 0 Å². The second-order valence-electron chi connectivity index (χ2n) is 4.30. The van der Waals surface area contributed by atoms with Crippen LogP contribution in [0, 0.1) is 0 Å². The van der Waals surface area contributed by atoms with E-state index in [9.17, 15) is 9.59 Å². The first-order chi connectivity index (χ1) is 8.70. The van der Waals surface area contributed by atoms with Gasteiger partial charge in [0.2, 0.25) is 5.91 Å². The molecule has 0 spiro atoms. The number of carbonyl (C=O) groups excluding carboxylic acids is 2. The predicted molar refractivity (Wildman–Crippen MR) is 69.5 cm³/mol. The molecule has 0 aromatic heterocycles. The zero-order valence-corrected chi connectivity index (χ0v) is 10.3. The zero-order valence-electron chi connectivity index (χ0n) is 10.3. The number of hydrogen-bond acceptors (Lipinski definition) is 3. The molecule has 1 aliphatic rings. The molecule has 5 nitrogen and oxygen atoms in total. The fourth-order valence-corrected chi connectivity index (χ4v) is 2.02. The van der Waals surface area contributed by atoms with E-state index in [1.54, 1.807) is 31.3 Å². The lowest BCUT2D eigenvalue weighted by Gasteiger charge is -2.11. The number of carbonyl (C=O) groups is 2. The average molecular weight is 247 g/mol. The molecule has 0 radical (unpaired) electrons. The van der Waals surface area contributed by atoms with Gasteiger partial charge in [-0.05, 0) is 37.6 Å². The van der Waals surface area contributed by atoms with E-state index in [2.05, 4.69) is 16.0 Å². The van der Waals surface area contributed by atoms with Crippen LogP contribution >= 0.6 is 0 Å². The third kappa shape index (κ3) is 2.87. The third-order valence-corrected chi connectivity index (χ3v) is 3.00. The summed E-state index contributed by atoms with van der Waals surface area (Å²) in [5, 5.41) is 8.51. The summed E-state index contributed by atoms with van der Waals surface area (Å²) in [5.41, 5.74) is 1.18. The van der Waals surface area contributed by atoms with Gasteiger partial charge in [0, 0.05) is 18.3 Å². The number of rotatable bonds is 3. The lowest BCUT2D eigenvalue weighted by molar-refractivity contribution is -0.117. The molecule has 1 fully saturated rings. The minimum absolute atomic E-state index is 0.0402. The maximum absolute atomic E-state index is 11.9. The van der Waals surface area contributed by atoms with Crippen molar-refractivity contribution < 1.29 is 9.59 Å².